The highest BCUT2D eigenvalue weighted by atomic mass is 32.2. The quantitative estimate of drug-likeness (QED) is 0.598. The van der Waals surface area contributed by atoms with Crippen LogP contribution in [-0.4, -0.2) is 32.3 Å². The number of furan rings is 1. The van der Waals surface area contributed by atoms with E-state index in [-0.39, 0.29) is 11.7 Å². The van der Waals surface area contributed by atoms with Gasteiger partial charge in [-0.05, 0) is 31.4 Å². The Hall–Kier alpha value is -2.59. The Morgan fingerprint density at radius 1 is 1.38 bits per heavy atom. The standard InChI is InChI=1S/C16H17N5O3S2/c1-3-21-14(10-4-6-24-9(10)2)19-20-16(21)26-8-12(22)18-15-11(13(17)23)5-7-25-15/h4-7H,3,8H2,1-2H3,(H2,17,23)(H,18,22). The van der Waals surface area contributed by atoms with Crippen LogP contribution in [0, 0.1) is 6.92 Å². The van der Waals surface area contributed by atoms with Gasteiger partial charge in [0.05, 0.1) is 23.1 Å². The lowest BCUT2D eigenvalue weighted by Crippen LogP contribution is -2.18. The molecule has 3 heterocycles. The van der Waals surface area contributed by atoms with Crippen molar-refractivity contribution in [1.82, 2.24) is 14.8 Å². The molecule has 10 heteroatoms. The van der Waals surface area contributed by atoms with E-state index in [9.17, 15) is 9.59 Å². The van der Waals surface area contributed by atoms with Crippen LogP contribution in [0.2, 0.25) is 0 Å². The van der Waals surface area contributed by atoms with Gasteiger partial charge < -0.3 is 20.0 Å². The molecule has 3 N–H and O–H groups in total. The Bertz CT molecular complexity index is 943. The van der Waals surface area contributed by atoms with Crippen molar-refractivity contribution < 1.29 is 14.0 Å². The summed E-state index contributed by atoms with van der Waals surface area (Å²) >= 11 is 2.53. The first-order valence-electron chi connectivity index (χ1n) is 7.78. The molecule has 0 unspecified atom stereocenters. The molecule has 3 aromatic rings. The van der Waals surface area contributed by atoms with Crippen molar-refractivity contribution in [2.75, 3.05) is 11.1 Å². The SMILES string of the molecule is CCn1c(SCC(=O)Nc2sccc2C(N)=O)nnc1-c1ccoc1C. The molecule has 0 aliphatic heterocycles. The van der Waals surface area contributed by atoms with Crippen molar-refractivity contribution in [1.29, 1.82) is 0 Å². The number of carbonyl (C=O) groups excluding carboxylic acids is 2. The minimum Gasteiger partial charge on any atom is -0.469 e. The molecule has 3 aromatic heterocycles. The number of hydrogen-bond donors (Lipinski definition) is 2. The fourth-order valence-electron chi connectivity index (χ4n) is 2.39. The molecular formula is C16H17N5O3S2. The minimum absolute atomic E-state index is 0.138. The first-order chi connectivity index (χ1) is 12.5. The molecule has 2 amide bonds. The van der Waals surface area contributed by atoms with E-state index in [1.54, 1.807) is 17.7 Å². The highest BCUT2D eigenvalue weighted by molar-refractivity contribution is 7.99. The third kappa shape index (κ3) is 3.65. The van der Waals surface area contributed by atoms with Crippen LogP contribution in [0.4, 0.5) is 5.00 Å². The van der Waals surface area contributed by atoms with Gasteiger partial charge in [-0.25, -0.2) is 0 Å². The van der Waals surface area contributed by atoms with E-state index in [0.29, 0.717) is 28.1 Å². The van der Waals surface area contributed by atoms with Crippen LogP contribution < -0.4 is 11.1 Å². The molecule has 0 saturated carbocycles. The maximum atomic E-state index is 12.2. The number of thiophene rings is 1. The molecule has 0 aliphatic rings. The number of carbonyl (C=O) groups is 2. The van der Waals surface area contributed by atoms with Crippen LogP contribution in [-0.2, 0) is 11.3 Å². The van der Waals surface area contributed by atoms with Gasteiger partial charge in [0.15, 0.2) is 11.0 Å². The van der Waals surface area contributed by atoms with E-state index < -0.39 is 5.91 Å². The fourth-order valence-corrected chi connectivity index (χ4v) is 4.00. The van der Waals surface area contributed by atoms with Gasteiger partial charge in [0.25, 0.3) is 5.91 Å². The predicted octanol–water partition coefficient (Wildman–Crippen LogP) is 2.76. The average molecular weight is 391 g/mol. The molecule has 0 atom stereocenters. The van der Waals surface area contributed by atoms with E-state index in [0.717, 1.165) is 11.3 Å². The number of nitrogens with two attached hydrogens (primary N) is 1. The molecular weight excluding hydrogens is 374 g/mol. The van der Waals surface area contributed by atoms with Crippen molar-refractivity contribution >= 4 is 39.9 Å². The highest BCUT2D eigenvalue weighted by Crippen LogP contribution is 2.27. The zero-order valence-electron chi connectivity index (χ0n) is 14.2. The third-order valence-corrected chi connectivity index (χ3v) is 5.45. The lowest BCUT2D eigenvalue weighted by molar-refractivity contribution is -0.113. The van der Waals surface area contributed by atoms with Gasteiger partial charge >= 0.3 is 0 Å². The summed E-state index contributed by atoms with van der Waals surface area (Å²) < 4.78 is 7.25. The number of anilines is 1. The largest absolute Gasteiger partial charge is 0.469 e. The Morgan fingerprint density at radius 3 is 2.85 bits per heavy atom. The number of amides is 2. The molecule has 0 bridgehead atoms. The predicted molar refractivity (Wildman–Crippen MR) is 100 cm³/mol. The average Bonchev–Trinajstić information content (AvgIpc) is 3.31. The number of aryl methyl sites for hydroxylation is 1. The summed E-state index contributed by atoms with van der Waals surface area (Å²) in [6.45, 7) is 4.51. The van der Waals surface area contributed by atoms with E-state index in [4.69, 9.17) is 10.2 Å². The number of rotatable bonds is 7. The molecule has 3 rings (SSSR count). The molecule has 8 nitrogen and oxygen atoms in total. The van der Waals surface area contributed by atoms with Crippen molar-refractivity contribution in [2.24, 2.45) is 5.73 Å². The van der Waals surface area contributed by atoms with Gasteiger partial charge in [-0.15, -0.1) is 21.5 Å². The van der Waals surface area contributed by atoms with E-state index >= 15 is 0 Å². The molecule has 0 aliphatic carbocycles. The summed E-state index contributed by atoms with van der Waals surface area (Å²) in [5.74, 6) is 0.791. The van der Waals surface area contributed by atoms with Gasteiger partial charge in [0, 0.05) is 6.54 Å². The normalized spacial score (nSPS) is 10.8. The van der Waals surface area contributed by atoms with Gasteiger partial charge in [0.2, 0.25) is 5.91 Å². The van der Waals surface area contributed by atoms with Crippen molar-refractivity contribution in [3.8, 4) is 11.4 Å². The van der Waals surface area contributed by atoms with Crippen LogP contribution >= 0.6 is 23.1 Å². The van der Waals surface area contributed by atoms with Crippen molar-refractivity contribution in [2.45, 2.75) is 25.5 Å². The van der Waals surface area contributed by atoms with Gasteiger partial charge in [-0.3, -0.25) is 9.59 Å². The summed E-state index contributed by atoms with van der Waals surface area (Å²) in [5, 5.41) is 13.9. The molecule has 0 aromatic carbocycles. The molecule has 136 valence electrons. The van der Waals surface area contributed by atoms with E-state index in [1.807, 2.05) is 24.5 Å². The number of hydrogen-bond acceptors (Lipinski definition) is 7. The zero-order valence-corrected chi connectivity index (χ0v) is 15.8. The fraction of sp³-hybridized carbons (Fsp3) is 0.250. The van der Waals surface area contributed by atoms with Gasteiger partial charge in [0.1, 0.15) is 10.8 Å². The highest BCUT2D eigenvalue weighted by Gasteiger charge is 2.18. The maximum absolute atomic E-state index is 12.2. The minimum atomic E-state index is -0.569. The van der Waals surface area contributed by atoms with Crippen molar-refractivity contribution in [3.05, 3.63) is 35.1 Å². The third-order valence-electron chi connectivity index (χ3n) is 3.65. The summed E-state index contributed by atoms with van der Waals surface area (Å²) in [5.41, 5.74) is 6.46. The lowest BCUT2D eigenvalue weighted by atomic mass is 10.2. The van der Waals surface area contributed by atoms with Gasteiger partial charge in [-0.1, -0.05) is 11.8 Å². The number of thioether (sulfide) groups is 1. The Kier molecular flexibility index (Phi) is 5.43. The number of primary amides is 1. The molecule has 0 radical (unpaired) electrons. The van der Waals surface area contributed by atoms with Crippen LogP contribution in [0.15, 0.2) is 33.3 Å². The lowest BCUT2D eigenvalue weighted by Gasteiger charge is -2.07. The Morgan fingerprint density at radius 2 is 2.19 bits per heavy atom. The summed E-state index contributed by atoms with van der Waals surface area (Å²) in [4.78, 5) is 23.5. The zero-order chi connectivity index (χ0) is 18.7. The topological polar surface area (TPSA) is 116 Å². The smallest absolute Gasteiger partial charge is 0.251 e. The number of nitrogens with one attached hydrogen (secondary N) is 1. The van der Waals surface area contributed by atoms with E-state index in [1.165, 1.54) is 23.1 Å². The second kappa shape index (κ2) is 7.75. The second-order valence-electron chi connectivity index (χ2n) is 5.31. The van der Waals surface area contributed by atoms with Crippen LogP contribution in [0.25, 0.3) is 11.4 Å². The maximum Gasteiger partial charge on any atom is 0.251 e. The molecule has 0 spiro atoms. The number of nitrogens with zero attached hydrogens (tertiary/aromatic N) is 3. The van der Waals surface area contributed by atoms with Gasteiger partial charge in [-0.2, -0.15) is 0 Å². The summed E-state index contributed by atoms with van der Waals surface area (Å²) in [6.07, 6.45) is 1.61. The summed E-state index contributed by atoms with van der Waals surface area (Å²) in [6, 6.07) is 3.43. The monoisotopic (exact) mass is 391 g/mol. The second-order valence-corrected chi connectivity index (χ2v) is 7.16. The van der Waals surface area contributed by atoms with Crippen LogP contribution in [0.3, 0.4) is 0 Å². The number of aromatic nitrogens is 3. The van der Waals surface area contributed by atoms with Crippen LogP contribution in [0.5, 0.6) is 0 Å². The Labute approximate surface area is 157 Å². The van der Waals surface area contributed by atoms with E-state index in [2.05, 4.69) is 15.5 Å². The first-order valence-corrected chi connectivity index (χ1v) is 9.65. The molecule has 26 heavy (non-hydrogen) atoms. The Balaban J connectivity index is 1.69. The first kappa shape index (κ1) is 18.2. The molecule has 0 saturated heterocycles. The van der Waals surface area contributed by atoms with Crippen molar-refractivity contribution in [3.63, 3.8) is 0 Å². The molecule has 0 fully saturated rings. The van der Waals surface area contributed by atoms with Crippen LogP contribution in [0.1, 0.15) is 23.0 Å². The summed E-state index contributed by atoms with van der Waals surface area (Å²) in [7, 11) is 0.